The minimum atomic E-state index is -0.329. The zero-order chi connectivity index (χ0) is 17.6. The largest absolute Gasteiger partial charge is 0.496 e. The van der Waals surface area contributed by atoms with Crippen LogP contribution in [0.1, 0.15) is 20.9 Å². The summed E-state index contributed by atoms with van der Waals surface area (Å²) in [6.07, 6.45) is 1.66. The Bertz CT molecular complexity index is 868. The molecule has 0 unspecified atom stereocenters. The van der Waals surface area contributed by atoms with Crippen LogP contribution in [-0.2, 0) is 12.8 Å². The Labute approximate surface area is 154 Å². The number of ether oxygens (including phenoxy) is 1. The number of halogens is 1. The predicted octanol–water partition coefficient (Wildman–Crippen LogP) is 4.24. The maximum atomic E-state index is 12.4. The molecular weight excluding hydrogens is 358 g/mol. The summed E-state index contributed by atoms with van der Waals surface area (Å²) >= 11 is 7.33. The molecule has 1 amide bonds. The number of hydrogen-bond donors (Lipinski definition) is 1. The highest BCUT2D eigenvalue weighted by Crippen LogP contribution is 2.24. The molecule has 0 radical (unpaired) electrons. The van der Waals surface area contributed by atoms with Gasteiger partial charge in [-0.1, -0.05) is 53.3 Å². The molecule has 2 aromatic carbocycles. The molecule has 5 nitrogen and oxygen atoms in total. The molecule has 128 valence electrons. The van der Waals surface area contributed by atoms with Crippen molar-refractivity contribution in [1.29, 1.82) is 0 Å². The Morgan fingerprint density at radius 1 is 1.16 bits per heavy atom. The smallest absolute Gasteiger partial charge is 0.261 e. The molecule has 1 N–H and O–H groups in total. The first kappa shape index (κ1) is 17.4. The Morgan fingerprint density at radius 3 is 2.72 bits per heavy atom. The van der Waals surface area contributed by atoms with E-state index in [2.05, 4.69) is 27.6 Å². The van der Waals surface area contributed by atoms with E-state index in [1.54, 1.807) is 18.2 Å². The van der Waals surface area contributed by atoms with Crippen LogP contribution < -0.4 is 10.1 Å². The number of hydrogen-bond acceptors (Lipinski definition) is 5. The molecule has 1 heterocycles. The first-order valence-electron chi connectivity index (χ1n) is 7.67. The highest BCUT2D eigenvalue weighted by atomic mass is 35.5. The van der Waals surface area contributed by atoms with Gasteiger partial charge < -0.3 is 4.74 Å². The lowest BCUT2D eigenvalue weighted by Gasteiger charge is -2.07. The number of methoxy groups -OCH3 is 1. The van der Waals surface area contributed by atoms with E-state index in [0.29, 0.717) is 21.5 Å². The SMILES string of the molecule is COc1ccc(Cl)cc1C(=O)Nc1nnc(CCc2ccccc2)s1. The second kappa shape index (κ2) is 8.09. The summed E-state index contributed by atoms with van der Waals surface area (Å²) in [6.45, 7) is 0. The molecule has 0 bridgehead atoms. The van der Waals surface area contributed by atoms with Gasteiger partial charge in [-0.15, -0.1) is 10.2 Å². The third kappa shape index (κ3) is 4.55. The van der Waals surface area contributed by atoms with Gasteiger partial charge in [0.25, 0.3) is 5.91 Å². The Hall–Kier alpha value is -2.44. The van der Waals surface area contributed by atoms with Crippen molar-refractivity contribution in [1.82, 2.24) is 10.2 Å². The van der Waals surface area contributed by atoms with Gasteiger partial charge in [0.2, 0.25) is 5.13 Å². The molecule has 3 rings (SSSR count). The normalized spacial score (nSPS) is 10.5. The third-order valence-corrected chi connectivity index (χ3v) is 4.70. The second-order valence-electron chi connectivity index (χ2n) is 5.29. The maximum absolute atomic E-state index is 12.4. The van der Waals surface area contributed by atoms with Crippen molar-refractivity contribution >= 4 is 34.0 Å². The van der Waals surface area contributed by atoms with Crippen molar-refractivity contribution < 1.29 is 9.53 Å². The fourth-order valence-corrected chi connectivity index (χ4v) is 3.23. The van der Waals surface area contributed by atoms with Gasteiger partial charge in [-0.05, 0) is 30.2 Å². The molecule has 0 saturated heterocycles. The van der Waals surface area contributed by atoms with Crippen molar-refractivity contribution in [2.24, 2.45) is 0 Å². The van der Waals surface area contributed by atoms with Crippen molar-refractivity contribution in [3.63, 3.8) is 0 Å². The summed E-state index contributed by atoms with van der Waals surface area (Å²) < 4.78 is 5.20. The number of nitrogens with zero attached hydrogens (tertiary/aromatic N) is 2. The Kier molecular flexibility index (Phi) is 5.63. The van der Waals surface area contributed by atoms with Gasteiger partial charge >= 0.3 is 0 Å². The van der Waals surface area contributed by atoms with Gasteiger partial charge in [0.1, 0.15) is 10.8 Å². The fourth-order valence-electron chi connectivity index (χ4n) is 2.32. The van der Waals surface area contributed by atoms with E-state index in [1.807, 2.05) is 18.2 Å². The van der Waals surface area contributed by atoms with Gasteiger partial charge in [0.15, 0.2) is 0 Å². The third-order valence-electron chi connectivity index (χ3n) is 3.56. The minimum absolute atomic E-state index is 0.329. The van der Waals surface area contributed by atoms with Crippen LogP contribution in [-0.4, -0.2) is 23.2 Å². The van der Waals surface area contributed by atoms with E-state index in [0.717, 1.165) is 17.8 Å². The predicted molar refractivity (Wildman–Crippen MR) is 99.7 cm³/mol. The zero-order valence-corrected chi connectivity index (χ0v) is 15.1. The Morgan fingerprint density at radius 2 is 1.96 bits per heavy atom. The highest BCUT2D eigenvalue weighted by molar-refractivity contribution is 7.15. The quantitative estimate of drug-likeness (QED) is 0.702. The van der Waals surface area contributed by atoms with Crippen LogP contribution in [0.25, 0.3) is 0 Å². The van der Waals surface area contributed by atoms with Gasteiger partial charge in [0.05, 0.1) is 12.7 Å². The number of aromatic nitrogens is 2. The number of rotatable bonds is 6. The molecule has 1 aromatic heterocycles. The summed E-state index contributed by atoms with van der Waals surface area (Å²) in [5.41, 5.74) is 1.60. The monoisotopic (exact) mass is 373 g/mol. The molecule has 0 fully saturated rings. The van der Waals surface area contributed by atoms with E-state index in [-0.39, 0.29) is 5.91 Å². The number of carbonyl (C=O) groups is 1. The average Bonchev–Trinajstić information content (AvgIpc) is 3.08. The summed E-state index contributed by atoms with van der Waals surface area (Å²) in [6, 6.07) is 15.1. The van der Waals surface area contributed by atoms with Gasteiger partial charge in [-0.3, -0.25) is 10.1 Å². The summed E-state index contributed by atoms with van der Waals surface area (Å²) in [7, 11) is 1.51. The van der Waals surface area contributed by atoms with Crippen LogP contribution >= 0.6 is 22.9 Å². The standard InChI is InChI=1S/C18H16ClN3O2S/c1-24-15-9-8-13(19)11-14(15)17(23)20-18-22-21-16(25-18)10-7-12-5-3-2-4-6-12/h2-6,8-9,11H,7,10H2,1H3,(H,20,22,23). The molecule has 0 aliphatic heterocycles. The van der Waals surface area contributed by atoms with Crippen LogP contribution in [0.4, 0.5) is 5.13 Å². The number of amides is 1. The molecule has 25 heavy (non-hydrogen) atoms. The molecule has 0 saturated carbocycles. The van der Waals surface area contributed by atoms with Crippen molar-refractivity contribution in [3.8, 4) is 5.75 Å². The van der Waals surface area contributed by atoms with E-state index in [4.69, 9.17) is 16.3 Å². The lowest BCUT2D eigenvalue weighted by molar-refractivity contribution is 0.102. The van der Waals surface area contributed by atoms with Crippen LogP contribution in [0.3, 0.4) is 0 Å². The van der Waals surface area contributed by atoms with Crippen molar-refractivity contribution in [3.05, 3.63) is 69.7 Å². The van der Waals surface area contributed by atoms with Crippen LogP contribution in [0.2, 0.25) is 5.02 Å². The van der Waals surface area contributed by atoms with E-state index in [1.165, 1.54) is 24.0 Å². The van der Waals surface area contributed by atoms with Gasteiger partial charge in [-0.25, -0.2) is 0 Å². The first-order valence-corrected chi connectivity index (χ1v) is 8.86. The van der Waals surface area contributed by atoms with Crippen molar-refractivity contribution in [2.75, 3.05) is 12.4 Å². The summed E-state index contributed by atoms with van der Waals surface area (Å²) in [5.74, 6) is 0.126. The zero-order valence-electron chi connectivity index (χ0n) is 13.5. The molecule has 3 aromatic rings. The van der Waals surface area contributed by atoms with E-state index < -0.39 is 0 Å². The Balaban J connectivity index is 1.65. The van der Waals surface area contributed by atoms with Crippen LogP contribution in [0.5, 0.6) is 5.75 Å². The van der Waals surface area contributed by atoms with Crippen LogP contribution in [0.15, 0.2) is 48.5 Å². The number of anilines is 1. The molecule has 7 heteroatoms. The topological polar surface area (TPSA) is 64.1 Å². The van der Waals surface area contributed by atoms with Gasteiger partial charge in [-0.2, -0.15) is 0 Å². The maximum Gasteiger partial charge on any atom is 0.261 e. The first-order chi connectivity index (χ1) is 12.2. The number of carbonyl (C=O) groups excluding carboxylic acids is 1. The van der Waals surface area contributed by atoms with E-state index >= 15 is 0 Å². The fraction of sp³-hybridized carbons (Fsp3) is 0.167. The molecule has 0 spiro atoms. The van der Waals surface area contributed by atoms with Crippen molar-refractivity contribution in [2.45, 2.75) is 12.8 Å². The number of nitrogens with one attached hydrogen (secondary N) is 1. The lowest BCUT2D eigenvalue weighted by Crippen LogP contribution is -2.13. The summed E-state index contributed by atoms with van der Waals surface area (Å²) in [5, 5.41) is 12.7. The number of aryl methyl sites for hydroxylation is 2. The number of benzene rings is 2. The summed E-state index contributed by atoms with van der Waals surface area (Å²) in [4.78, 5) is 12.4. The average molecular weight is 374 g/mol. The molecular formula is C18H16ClN3O2S. The molecule has 0 atom stereocenters. The minimum Gasteiger partial charge on any atom is -0.496 e. The second-order valence-corrected chi connectivity index (χ2v) is 6.78. The van der Waals surface area contributed by atoms with Crippen LogP contribution in [0, 0.1) is 0 Å². The molecule has 0 aliphatic carbocycles. The molecule has 0 aliphatic rings. The van der Waals surface area contributed by atoms with Gasteiger partial charge in [0, 0.05) is 11.4 Å². The van der Waals surface area contributed by atoms with E-state index in [9.17, 15) is 4.79 Å². The highest BCUT2D eigenvalue weighted by Gasteiger charge is 2.15. The lowest BCUT2D eigenvalue weighted by atomic mass is 10.1.